The predicted molar refractivity (Wildman–Crippen MR) is 99.2 cm³/mol. The van der Waals surface area contributed by atoms with Crippen molar-refractivity contribution in [3.8, 4) is 0 Å². The van der Waals surface area contributed by atoms with E-state index in [1.165, 1.54) is 11.0 Å². The number of halogens is 1. The van der Waals surface area contributed by atoms with Crippen LogP contribution < -0.4 is 5.73 Å². The number of carbonyl (C=O) groups excluding carboxylic acids is 1. The monoisotopic (exact) mass is 361 g/mol. The maximum atomic E-state index is 14.8. The Balaban J connectivity index is 1.99. The molecule has 1 saturated heterocycles. The fraction of sp³-hybridized carbons (Fsp3) is 0.600. The number of aryl methyl sites for hydroxylation is 1. The van der Waals surface area contributed by atoms with Crippen LogP contribution in [0.3, 0.4) is 0 Å². The molecule has 5 nitrogen and oxygen atoms in total. The summed E-state index contributed by atoms with van der Waals surface area (Å²) in [7, 11) is 1.59. The van der Waals surface area contributed by atoms with E-state index in [2.05, 4.69) is 11.9 Å². The molecule has 0 unspecified atom stereocenters. The third-order valence-electron chi connectivity index (χ3n) is 6.21. The minimum atomic E-state index is -1.07. The van der Waals surface area contributed by atoms with Gasteiger partial charge in [-0.15, -0.1) is 0 Å². The van der Waals surface area contributed by atoms with Gasteiger partial charge in [0.2, 0.25) is 5.91 Å². The molecular formula is C20H28FN3O2. The van der Waals surface area contributed by atoms with Gasteiger partial charge in [-0.1, -0.05) is 19.1 Å². The third-order valence-corrected chi connectivity index (χ3v) is 6.21. The largest absolute Gasteiger partial charge is 0.380 e. The summed E-state index contributed by atoms with van der Waals surface area (Å²) in [5.41, 5.74) is 5.62. The van der Waals surface area contributed by atoms with E-state index in [0.717, 1.165) is 31.6 Å². The summed E-state index contributed by atoms with van der Waals surface area (Å²) in [6.07, 6.45) is 1.81. The average molecular weight is 361 g/mol. The van der Waals surface area contributed by atoms with Crippen LogP contribution in [0, 0.1) is 16.6 Å². The highest BCUT2D eigenvalue weighted by atomic mass is 19.1. The molecule has 1 atom stereocenters. The zero-order valence-corrected chi connectivity index (χ0v) is 16.2. The van der Waals surface area contributed by atoms with Gasteiger partial charge in [0.25, 0.3) is 0 Å². The molecule has 26 heavy (non-hydrogen) atoms. The molecule has 6 heteroatoms. The van der Waals surface area contributed by atoms with Gasteiger partial charge in [0.05, 0.1) is 18.6 Å². The van der Waals surface area contributed by atoms with Gasteiger partial charge in [0, 0.05) is 18.0 Å². The minimum absolute atomic E-state index is 0.112. The van der Waals surface area contributed by atoms with Crippen LogP contribution in [0.1, 0.15) is 45.2 Å². The fourth-order valence-corrected chi connectivity index (χ4v) is 3.71. The topological polar surface area (TPSA) is 67.9 Å². The summed E-state index contributed by atoms with van der Waals surface area (Å²) in [4.78, 5) is 18.7. The Morgan fingerprint density at radius 2 is 1.92 bits per heavy atom. The number of amides is 1. The fourth-order valence-electron chi connectivity index (χ4n) is 3.71. The van der Waals surface area contributed by atoms with Gasteiger partial charge in [-0.3, -0.25) is 9.69 Å². The number of guanidine groups is 1. The molecular weight excluding hydrogens is 333 g/mol. The van der Waals surface area contributed by atoms with Crippen LogP contribution >= 0.6 is 0 Å². The predicted octanol–water partition coefficient (Wildman–Crippen LogP) is 2.82. The zero-order valence-electron chi connectivity index (χ0n) is 16.2. The summed E-state index contributed by atoms with van der Waals surface area (Å²) in [5, 5.41) is 0. The molecule has 0 radical (unpaired) electrons. The highest BCUT2D eigenvalue weighted by molar-refractivity contribution is 6.01. The van der Waals surface area contributed by atoms with E-state index >= 15 is 0 Å². The lowest BCUT2D eigenvalue weighted by molar-refractivity contribution is -0.140. The SMILES string of the molecule is CN1C(=O)C(C)(C)[C@@](C)(c2cc(CCC3(C)COC3)ccc2F)N=C1N. The number of rotatable bonds is 4. The lowest BCUT2D eigenvalue weighted by atomic mass is 9.67. The van der Waals surface area contributed by atoms with Gasteiger partial charge in [0.15, 0.2) is 5.96 Å². The van der Waals surface area contributed by atoms with Gasteiger partial charge in [-0.05, 0) is 45.2 Å². The first-order valence-electron chi connectivity index (χ1n) is 9.00. The number of ether oxygens (including phenoxy) is 1. The molecule has 3 rings (SSSR count). The molecule has 0 aliphatic carbocycles. The van der Waals surface area contributed by atoms with Crippen LogP contribution in [0.2, 0.25) is 0 Å². The van der Waals surface area contributed by atoms with E-state index in [-0.39, 0.29) is 23.1 Å². The molecule has 1 aromatic rings. The highest BCUT2D eigenvalue weighted by Crippen LogP contribution is 2.47. The molecule has 2 aliphatic rings. The second kappa shape index (κ2) is 6.05. The normalized spacial score (nSPS) is 27.1. The summed E-state index contributed by atoms with van der Waals surface area (Å²) in [5.74, 6) is -0.423. The molecule has 0 spiro atoms. The minimum Gasteiger partial charge on any atom is -0.380 e. The van der Waals surface area contributed by atoms with E-state index in [9.17, 15) is 9.18 Å². The lowest BCUT2D eigenvalue weighted by Crippen LogP contribution is -2.58. The van der Waals surface area contributed by atoms with E-state index in [1.807, 2.05) is 12.1 Å². The van der Waals surface area contributed by atoms with Crippen LogP contribution in [0.15, 0.2) is 23.2 Å². The van der Waals surface area contributed by atoms with Crippen molar-refractivity contribution in [2.24, 2.45) is 21.6 Å². The lowest BCUT2D eigenvalue weighted by Gasteiger charge is -2.46. The first kappa shape index (κ1) is 18.8. The van der Waals surface area contributed by atoms with Crippen LogP contribution in [0.4, 0.5) is 4.39 Å². The maximum Gasteiger partial charge on any atom is 0.237 e. The van der Waals surface area contributed by atoms with Gasteiger partial charge in [0.1, 0.15) is 11.4 Å². The smallest absolute Gasteiger partial charge is 0.237 e. The second-order valence-corrected chi connectivity index (χ2v) is 8.65. The first-order valence-corrected chi connectivity index (χ1v) is 9.00. The number of hydrogen-bond acceptors (Lipinski definition) is 4. The first-order chi connectivity index (χ1) is 12.0. The molecule has 1 aromatic carbocycles. The molecule has 2 N–H and O–H groups in total. The molecule has 0 aromatic heterocycles. The van der Waals surface area contributed by atoms with E-state index in [0.29, 0.717) is 5.56 Å². The second-order valence-electron chi connectivity index (χ2n) is 8.65. The summed E-state index contributed by atoms with van der Waals surface area (Å²) in [6, 6.07) is 5.12. The Morgan fingerprint density at radius 3 is 2.50 bits per heavy atom. The highest BCUT2D eigenvalue weighted by Gasteiger charge is 2.53. The molecule has 1 amide bonds. The van der Waals surface area contributed by atoms with Crippen molar-refractivity contribution >= 4 is 11.9 Å². The van der Waals surface area contributed by atoms with Crippen LogP contribution in [0.25, 0.3) is 0 Å². The van der Waals surface area contributed by atoms with Crippen molar-refractivity contribution in [3.63, 3.8) is 0 Å². The number of carbonyl (C=O) groups is 1. The van der Waals surface area contributed by atoms with E-state index in [4.69, 9.17) is 10.5 Å². The average Bonchev–Trinajstić information content (AvgIpc) is 2.56. The van der Waals surface area contributed by atoms with Gasteiger partial charge < -0.3 is 10.5 Å². The molecule has 0 bridgehead atoms. The number of benzene rings is 1. The van der Waals surface area contributed by atoms with Crippen molar-refractivity contribution in [1.29, 1.82) is 0 Å². The molecule has 142 valence electrons. The summed E-state index contributed by atoms with van der Waals surface area (Å²) >= 11 is 0. The summed E-state index contributed by atoms with van der Waals surface area (Å²) in [6.45, 7) is 9.11. The summed E-state index contributed by atoms with van der Waals surface area (Å²) < 4.78 is 20.1. The van der Waals surface area contributed by atoms with E-state index < -0.39 is 11.0 Å². The standard InChI is InChI=1S/C20H28FN3O2/c1-18(2)16(25)24(5)17(22)23-20(18,4)14-10-13(6-7-15(14)21)8-9-19(3)11-26-12-19/h6-7,10H,8-9,11-12H2,1-5H3,(H2,22,23)/t20-/m1/s1. The van der Waals surface area contributed by atoms with Crippen LogP contribution in [-0.2, 0) is 21.5 Å². The Kier molecular flexibility index (Phi) is 4.38. The van der Waals surface area contributed by atoms with Gasteiger partial charge in [-0.2, -0.15) is 0 Å². The maximum absolute atomic E-state index is 14.8. The Bertz CT molecular complexity index is 770. The number of aliphatic imine (C=N–C) groups is 1. The Morgan fingerprint density at radius 1 is 1.27 bits per heavy atom. The molecule has 0 saturated carbocycles. The van der Waals surface area contributed by atoms with Crippen molar-refractivity contribution in [1.82, 2.24) is 4.90 Å². The molecule has 2 heterocycles. The van der Waals surface area contributed by atoms with E-state index in [1.54, 1.807) is 27.8 Å². The van der Waals surface area contributed by atoms with Crippen molar-refractivity contribution in [2.45, 2.75) is 46.1 Å². The van der Waals surface area contributed by atoms with Gasteiger partial charge >= 0.3 is 0 Å². The molecule has 2 aliphatic heterocycles. The molecule has 1 fully saturated rings. The zero-order chi connectivity index (χ0) is 19.3. The third kappa shape index (κ3) is 2.80. The van der Waals surface area contributed by atoms with Crippen LogP contribution in [0.5, 0.6) is 0 Å². The Labute approximate surface area is 154 Å². The van der Waals surface area contributed by atoms with Crippen molar-refractivity contribution < 1.29 is 13.9 Å². The van der Waals surface area contributed by atoms with Crippen molar-refractivity contribution in [3.05, 3.63) is 35.1 Å². The van der Waals surface area contributed by atoms with Crippen LogP contribution in [-0.4, -0.2) is 37.0 Å². The number of nitrogens with zero attached hydrogens (tertiary/aromatic N) is 2. The van der Waals surface area contributed by atoms with Gasteiger partial charge in [-0.25, -0.2) is 9.38 Å². The quantitative estimate of drug-likeness (QED) is 0.897. The number of nitrogens with two attached hydrogens (primary N) is 1. The number of hydrogen-bond donors (Lipinski definition) is 1. The Hall–Kier alpha value is -1.95. The van der Waals surface area contributed by atoms with Crippen molar-refractivity contribution in [2.75, 3.05) is 20.3 Å².